The number of aromatic amines is 2. The van der Waals surface area contributed by atoms with E-state index >= 15 is 0 Å². The predicted octanol–water partition coefficient (Wildman–Crippen LogP) is 3.65. The molecule has 8 nitrogen and oxygen atoms in total. The van der Waals surface area contributed by atoms with Gasteiger partial charge in [0.2, 0.25) is 0 Å². The molecule has 0 bridgehead atoms. The second-order valence-corrected chi connectivity index (χ2v) is 8.40. The Balaban J connectivity index is 1.53. The third kappa shape index (κ3) is 4.35. The van der Waals surface area contributed by atoms with Gasteiger partial charge < -0.3 is 25.2 Å². The lowest BCUT2D eigenvalue weighted by molar-refractivity contribution is 0.650. The summed E-state index contributed by atoms with van der Waals surface area (Å²) in [6.07, 6.45) is 7.89. The van der Waals surface area contributed by atoms with Crippen LogP contribution in [0.3, 0.4) is 0 Å². The van der Waals surface area contributed by atoms with Crippen molar-refractivity contribution < 1.29 is 0 Å². The van der Waals surface area contributed by atoms with E-state index in [-0.39, 0.29) is 11.6 Å². The zero-order valence-electron chi connectivity index (χ0n) is 19.2. The van der Waals surface area contributed by atoms with E-state index in [9.17, 15) is 4.79 Å². The van der Waals surface area contributed by atoms with Gasteiger partial charge in [-0.2, -0.15) is 0 Å². The van der Waals surface area contributed by atoms with E-state index in [1.54, 1.807) is 18.7 Å². The lowest BCUT2D eigenvalue weighted by Gasteiger charge is -2.21. The van der Waals surface area contributed by atoms with Crippen molar-refractivity contribution in [3.8, 4) is 17.1 Å². The number of pyridine rings is 1. The largest absolute Gasteiger partial charge is 0.380 e. The minimum Gasteiger partial charge on any atom is -0.380 e. The molecule has 1 atom stereocenters. The van der Waals surface area contributed by atoms with Crippen LogP contribution in [-0.2, 0) is 6.42 Å². The molecule has 2 aromatic carbocycles. The van der Waals surface area contributed by atoms with Gasteiger partial charge in [0.1, 0.15) is 11.4 Å². The first kappa shape index (κ1) is 21.7. The van der Waals surface area contributed by atoms with Crippen molar-refractivity contribution in [3.63, 3.8) is 0 Å². The Morgan fingerprint density at radius 3 is 2.76 bits per heavy atom. The first-order chi connectivity index (χ1) is 16.6. The van der Waals surface area contributed by atoms with Crippen molar-refractivity contribution in [2.24, 2.45) is 0 Å². The van der Waals surface area contributed by atoms with Crippen LogP contribution in [0.1, 0.15) is 11.1 Å². The highest BCUT2D eigenvalue weighted by Gasteiger charge is 2.18. The number of nitrogens with zero attached hydrogens (tertiary/aromatic N) is 3. The predicted molar refractivity (Wildman–Crippen MR) is 135 cm³/mol. The van der Waals surface area contributed by atoms with Crippen LogP contribution in [-0.4, -0.2) is 44.1 Å². The molecule has 3 heterocycles. The third-order valence-corrected chi connectivity index (χ3v) is 5.90. The minimum absolute atomic E-state index is 0.0897. The molecule has 0 aliphatic heterocycles. The van der Waals surface area contributed by atoms with Crippen LogP contribution in [0.4, 0.5) is 5.69 Å². The number of anilines is 1. The Labute approximate surface area is 197 Å². The highest BCUT2D eigenvalue weighted by atomic mass is 16.1. The zero-order valence-corrected chi connectivity index (χ0v) is 19.2. The zero-order chi connectivity index (χ0) is 23.5. The van der Waals surface area contributed by atoms with Gasteiger partial charge in [0.25, 0.3) is 5.56 Å². The molecule has 0 saturated heterocycles. The number of hydrogen-bond donors (Lipinski definition) is 4. The van der Waals surface area contributed by atoms with Gasteiger partial charge in [-0.25, -0.2) is 9.97 Å². The van der Waals surface area contributed by atoms with E-state index in [1.807, 2.05) is 55.1 Å². The number of rotatable bonds is 8. The summed E-state index contributed by atoms with van der Waals surface area (Å²) in [5, 5.41) is 6.83. The fraction of sp³-hybridized carbons (Fsp3) is 0.192. The van der Waals surface area contributed by atoms with E-state index in [2.05, 4.69) is 43.8 Å². The molecule has 0 aliphatic carbocycles. The van der Waals surface area contributed by atoms with Gasteiger partial charge in [0.15, 0.2) is 0 Å². The summed E-state index contributed by atoms with van der Waals surface area (Å²) in [4.78, 5) is 28.1. The first-order valence-corrected chi connectivity index (χ1v) is 11.3. The fourth-order valence-corrected chi connectivity index (χ4v) is 4.32. The monoisotopic (exact) mass is 453 g/mol. The quantitative estimate of drug-likeness (QED) is 0.287. The summed E-state index contributed by atoms with van der Waals surface area (Å²) in [6, 6.07) is 16.4. The van der Waals surface area contributed by atoms with Crippen LogP contribution < -0.4 is 16.2 Å². The van der Waals surface area contributed by atoms with Gasteiger partial charge in [0, 0.05) is 36.9 Å². The number of likely N-dealkylation sites (N-methyl/N-ethyl adjacent to an activating group) is 1. The number of aryl methyl sites for hydroxylation is 1. The summed E-state index contributed by atoms with van der Waals surface area (Å²) in [5.41, 5.74) is 5.97. The molecule has 5 aromatic rings. The topological polar surface area (TPSA) is 103 Å². The lowest BCUT2D eigenvalue weighted by atomic mass is 10.0. The number of H-pyrrole nitrogens is 2. The molecular weight excluding hydrogens is 426 g/mol. The molecular formula is C26H27N7O. The Hall–Kier alpha value is -4.17. The van der Waals surface area contributed by atoms with Crippen LogP contribution in [0.25, 0.3) is 28.1 Å². The van der Waals surface area contributed by atoms with E-state index in [1.165, 1.54) is 5.56 Å². The van der Waals surface area contributed by atoms with Gasteiger partial charge in [0.05, 0.1) is 23.0 Å². The van der Waals surface area contributed by atoms with Crippen molar-refractivity contribution in [1.82, 2.24) is 29.8 Å². The number of hydrogen-bond acceptors (Lipinski definition) is 5. The van der Waals surface area contributed by atoms with E-state index in [0.717, 1.165) is 40.9 Å². The molecule has 5 rings (SSSR count). The molecule has 4 N–H and O–H groups in total. The van der Waals surface area contributed by atoms with Crippen molar-refractivity contribution in [2.45, 2.75) is 19.4 Å². The second kappa shape index (κ2) is 9.36. The standard InChI is InChI=1S/C26H27N7O/c1-17-12-20(33-11-10-28-16-33)14-22-24(17)32-25(31-22)23-21(8-9-29-26(23)34)30-19(15-27-2)13-18-6-4-3-5-7-18/h3-12,14,16,19,27H,13,15H2,1-2H3,(H,31,32)(H2,29,30,34). The van der Waals surface area contributed by atoms with E-state index < -0.39 is 0 Å². The maximum Gasteiger partial charge on any atom is 0.261 e. The molecule has 0 spiro atoms. The van der Waals surface area contributed by atoms with E-state index in [0.29, 0.717) is 11.4 Å². The highest BCUT2D eigenvalue weighted by Crippen LogP contribution is 2.28. The summed E-state index contributed by atoms with van der Waals surface area (Å²) in [7, 11) is 1.93. The van der Waals surface area contributed by atoms with Crippen LogP contribution in [0, 0.1) is 6.92 Å². The van der Waals surface area contributed by atoms with Crippen molar-refractivity contribution in [2.75, 3.05) is 18.9 Å². The number of aromatic nitrogens is 5. The first-order valence-electron chi connectivity index (χ1n) is 11.3. The van der Waals surface area contributed by atoms with Gasteiger partial charge in [-0.05, 0) is 49.7 Å². The maximum atomic E-state index is 13.0. The summed E-state index contributed by atoms with van der Waals surface area (Å²) < 4.78 is 1.95. The van der Waals surface area contributed by atoms with Crippen LogP contribution >= 0.6 is 0 Å². The van der Waals surface area contributed by atoms with Gasteiger partial charge in [-0.3, -0.25) is 4.79 Å². The Bertz CT molecular complexity index is 1450. The average Bonchev–Trinajstić information content (AvgIpc) is 3.50. The normalized spacial score (nSPS) is 12.2. The number of fused-ring (bicyclic) bond motifs is 1. The van der Waals surface area contributed by atoms with Gasteiger partial charge >= 0.3 is 0 Å². The molecule has 1 unspecified atom stereocenters. The van der Waals surface area contributed by atoms with Gasteiger partial charge in [-0.1, -0.05) is 30.3 Å². The molecule has 172 valence electrons. The SMILES string of the molecule is CNCC(Cc1ccccc1)Nc1cc[nH]c(=O)c1-c1nc2c(C)cc(-n3ccnc3)cc2[nH]1. The maximum absolute atomic E-state index is 13.0. The van der Waals surface area contributed by atoms with Gasteiger partial charge in [-0.15, -0.1) is 0 Å². The molecule has 34 heavy (non-hydrogen) atoms. The summed E-state index contributed by atoms with van der Waals surface area (Å²) >= 11 is 0. The van der Waals surface area contributed by atoms with Crippen molar-refractivity contribution >= 4 is 16.7 Å². The average molecular weight is 454 g/mol. The molecule has 3 aromatic heterocycles. The fourth-order valence-electron chi connectivity index (χ4n) is 4.32. The van der Waals surface area contributed by atoms with Crippen LogP contribution in [0.15, 0.2) is 78.2 Å². The molecule has 0 saturated carbocycles. The Morgan fingerprint density at radius 2 is 2.00 bits per heavy atom. The van der Waals surface area contributed by atoms with E-state index in [4.69, 9.17) is 4.98 Å². The molecule has 0 radical (unpaired) electrons. The molecule has 0 aliphatic rings. The third-order valence-electron chi connectivity index (χ3n) is 5.90. The smallest absolute Gasteiger partial charge is 0.261 e. The van der Waals surface area contributed by atoms with Crippen LogP contribution in [0.2, 0.25) is 0 Å². The summed E-state index contributed by atoms with van der Waals surface area (Å²) in [5.74, 6) is 0.535. The Morgan fingerprint density at radius 1 is 1.15 bits per heavy atom. The second-order valence-electron chi connectivity index (χ2n) is 8.40. The Kier molecular flexibility index (Phi) is 5.97. The molecule has 8 heteroatoms. The number of imidazole rings is 2. The van der Waals surface area contributed by atoms with Crippen molar-refractivity contribution in [3.05, 3.63) is 94.9 Å². The lowest BCUT2D eigenvalue weighted by Crippen LogP contribution is -2.33. The number of benzene rings is 2. The van der Waals surface area contributed by atoms with Crippen LogP contribution in [0.5, 0.6) is 0 Å². The molecule has 0 fully saturated rings. The van der Waals surface area contributed by atoms with Crippen molar-refractivity contribution in [1.29, 1.82) is 0 Å². The highest BCUT2D eigenvalue weighted by molar-refractivity contribution is 5.86. The minimum atomic E-state index is -0.195. The summed E-state index contributed by atoms with van der Waals surface area (Å²) in [6.45, 7) is 2.76. The number of nitrogens with one attached hydrogen (secondary N) is 4. The molecule has 0 amide bonds.